The Morgan fingerprint density at radius 3 is 2.58 bits per heavy atom. The normalized spacial score (nSPS) is 16.2. The van der Waals surface area contributed by atoms with Gasteiger partial charge in [-0.1, -0.05) is 48.2 Å². The Balaban J connectivity index is 2.05. The van der Waals surface area contributed by atoms with Gasteiger partial charge in [-0.3, -0.25) is 19.8 Å². The van der Waals surface area contributed by atoms with Crippen LogP contribution in [0.5, 0.6) is 0 Å². The Morgan fingerprint density at radius 2 is 1.88 bits per heavy atom. The molecule has 5 nitrogen and oxygen atoms in total. The summed E-state index contributed by atoms with van der Waals surface area (Å²) in [5.41, 5.74) is 4.16. The Bertz CT molecular complexity index is 982. The molecule has 1 aliphatic rings. The smallest absolute Gasteiger partial charge is 0.268 e. The molecule has 0 saturated carbocycles. The maximum atomic E-state index is 13.0. The molecule has 3 rings (SSSR count). The van der Waals surface area contributed by atoms with Crippen LogP contribution in [0.15, 0.2) is 47.4 Å². The zero-order chi connectivity index (χ0) is 19.0. The molecule has 0 unspecified atom stereocenters. The van der Waals surface area contributed by atoms with E-state index in [1.807, 2.05) is 32.0 Å². The molecule has 1 fully saturated rings. The number of nitro benzene ring substituents is 1. The molecule has 0 bridgehead atoms. The molecule has 0 aromatic heterocycles. The predicted molar refractivity (Wildman–Crippen MR) is 109 cm³/mol. The molecular formula is C19H16N2O3S2. The Labute approximate surface area is 160 Å². The highest BCUT2D eigenvalue weighted by Crippen LogP contribution is 2.40. The molecule has 1 aliphatic heterocycles. The first kappa shape index (κ1) is 18.3. The van der Waals surface area contributed by atoms with Crippen LogP contribution < -0.4 is 4.90 Å². The molecule has 0 radical (unpaired) electrons. The minimum atomic E-state index is -0.446. The number of thioether (sulfide) groups is 1. The van der Waals surface area contributed by atoms with E-state index < -0.39 is 4.92 Å². The Hall–Kier alpha value is -2.51. The molecule has 1 amide bonds. The van der Waals surface area contributed by atoms with E-state index in [2.05, 4.69) is 0 Å². The van der Waals surface area contributed by atoms with Crippen molar-refractivity contribution in [1.82, 2.24) is 0 Å². The molecule has 132 valence electrons. The highest BCUT2D eigenvalue weighted by molar-refractivity contribution is 8.27. The number of benzene rings is 2. The van der Waals surface area contributed by atoms with Gasteiger partial charge in [0.25, 0.3) is 11.6 Å². The average Bonchev–Trinajstić information content (AvgIpc) is 2.91. The first-order chi connectivity index (χ1) is 12.3. The molecule has 0 spiro atoms. The van der Waals surface area contributed by atoms with Crippen LogP contribution in [0.1, 0.15) is 23.6 Å². The van der Waals surface area contributed by atoms with Gasteiger partial charge in [0.1, 0.15) is 0 Å². The van der Waals surface area contributed by atoms with Gasteiger partial charge in [0, 0.05) is 12.1 Å². The molecule has 0 aliphatic carbocycles. The van der Waals surface area contributed by atoms with Crippen molar-refractivity contribution in [3.8, 4) is 0 Å². The number of amides is 1. The van der Waals surface area contributed by atoms with Crippen molar-refractivity contribution >= 4 is 51.2 Å². The van der Waals surface area contributed by atoms with Crippen LogP contribution in [0.4, 0.5) is 11.4 Å². The third kappa shape index (κ3) is 3.15. The maximum absolute atomic E-state index is 13.0. The maximum Gasteiger partial charge on any atom is 0.271 e. The summed E-state index contributed by atoms with van der Waals surface area (Å²) in [7, 11) is 0. The van der Waals surface area contributed by atoms with Gasteiger partial charge in [0.2, 0.25) is 0 Å². The molecule has 26 heavy (non-hydrogen) atoms. The second kappa shape index (κ2) is 7.01. The van der Waals surface area contributed by atoms with E-state index in [1.54, 1.807) is 24.0 Å². The topological polar surface area (TPSA) is 63.5 Å². The second-order valence-corrected chi connectivity index (χ2v) is 7.63. The number of carbonyl (C=O) groups is 1. The highest BCUT2D eigenvalue weighted by atomic mass is 32.2. The van der Waals surface area contributed by atoms with Crippen molar-refractivity contribution in [2.24, 2.45) is 0 Å². The lowest BCUT2D eigenvalue weighted by Gasteiger charge is -2.18. The van der Waals surface area contributed by atoms with Crippen molar-refractivity contribution in [3.05, 3.63) is 74.2 Å². The highest BCUT2D eigenvalue weighted by Gasteiger charge is 2.35. The minimum Gasteiger partial charge on any atom is -0.268 e. The number of anilines is 1. The van der Waals surface area contributed by atoms with E-state index in [-0.39, 0.29) is 11.6 Å². The first-order valence-electron chi connectivity index (χ1n) is 7.89. The fourth-order valence-electron chi connectivity index (χ4n) is 2.77. The summed E-state index contributed by atoms with van der Waals surface area (Å²) in [5.74, 6) is -0.197. The van der Waals surface area contributed by atoms with Crippen molar-refractivity contribution in [2.75, 3.05) is 4.90 Å². The van der Waals surface area contributed by atoms with Crippen LogP contribution in [-0.4, -0.2) is 15.2 Å². The number of nitrogens with zero attached hydrogens (tertiary/aromatic N) is 2. The number of non-ortho nitro benzene ring substituents is 1. The van der Waals surface area contributed by atoms with Crippen molar-refractivity contribution in [3.63, 3.8) is 0 Å². The standard InChI is InChI=1S/C19H16N2O3S2/c1-11-6-4-9-16(12(11)2)20-18(22)17(26-19(20)25)13(3)14-7-5-8-15(10-14)21(23)24/h4-10H,1-3H3/b17-13-. The molecule has 1 heterocycles. The van der Waals surface area contributed by atoms with Crippen molar-refractivity contribution < 1.29 is 9.72 Å². The van der Waals surface area contributed by atoms with Gasteiger partial charge in [-0.25, -0.2) is 0 Å². The number of hydrogen-bond donors (Lipinski definition) is 0. The summed E-state index contributed by atoms with van der Waals surface area (Å²) in [5, 5.41) is 11.0. The molecule has 2 aromatic rings. The van der Waals surface area contributed by atoms with Gasteiger partial charge < -0.3 is 0 Å². The van der Waals surface area contributed by atoms with Gasteiger partial charge in [-0.2, -0.15) is 0 Å². The monoisotopic (exact) mass is 384 g/mol. The lowest BCUT2D eigenvalue weighted by atomic mass is 10.1. The zero-order valence-electron chi connectivity index (χ0n) is 14.5. The third-order valence-corrected chi connectivity index (χ3v) is 5.89. The summed E-state index contributed by atoms with van der Waals surface area (Å²) in [4.78, 5) is 25.6. The van der Waals surface area contributed by atoms with E-state index in [0.717, 1.165) is 16.8 Å². The summed E-state index contributed by atoms with van der Waals surface area (Å²) in [6, 6.07) is 12.0. The van der Waals surface area contributed by atoms with E-state index in [4.69, 9.17) is 12.2 Å². The van der Waals surface area contributed by atoms with Crippen molar-refractivity contribution in [1.29, 1.82) is 0 Å². The third-order valence-electron chi connectivity index (χ3n) is 4.42. The quantitative estimate of drug-likeness (QED) is 0.322. The molecule has 2 aromatic carbocycles. The Kier molecular flexibility index (Phi) is 4.93. The van der Waals surface area contributed by atoms with Gasteiger partial charge >= 0.3 is 0 Å². The van der Waals surface area contributed by atoms with E-state index in [1.165, 1.54) is 23.9 Å². The van der Waals surface area contributed by atoms with Crippen LogP contribution in [0.3, 0.4) is 0 Å². The summed E-state index contributed by atoms with van der Waals surface area (Å²) in [6.07, 6.45) is 0. The first-order valence-corrected chi connectivity index (χ1v) is 9.12. The van der Waals surface area contributed by atoms with Gasteiger partial charge in [-0.05, 0) is 49.1 Å². The van der Waals surface area contributed by atoms with E-state index in [9.17, 15) is 14.9 Å². The van der Waals surface area contributed by atoms with Crippen LogP contribution >= 0.6 is 24.0 Å². The molecule has 0 N–H and O–H groups in total. The molecule has 1 saturated heterocycles. The fourth-order valence-corrected chi connectivity index (χ4v) is 4.10. The van der Waals surface area contributed by atoms with E-state index in [0.29, 0.717) is 20.4 Å². The number of carbonyl (C=O) groups excluding carboxylic acids is 1. The number of hydrogen-bond acceptors (Lipinski definition) is 5. The largest absolute Gasteiger partial charge is 0.271 e. The second-order valence-electron chi connectivity index (χ2n) is 5.99. The van der Waals surface area contributed by atoms with Crippen LogP contribution in [0.2, 0.25) is 0 Å². The molecule has 7 heteroatoms. The summed E-state index contributed by atoms with van der Waals surface area (Å²) in [6.45, 7) is 5.73. The van der Waals surface area contributed by atoms with E-state index >= 15 is 0 Å². The lowest BCUT2D eigenvalue weighted by Crippen LogP contribution is -2.28. The summed E-state index contributed by atoms with van der Waals surface area (Å²) >= 11 is 6.67. The summed E-state index contributed by atoms with van der Waals surface area (Å²) < 4.78 is 0.462. The fraction of sp³-hybridized carbons (Fsp3) is 0.158. The van der Waals surface area contributed by atoms with Crippen LogP contribution in [0, 0.1) is 24.0 Å². The minimum absolute atomic E-state index is 0.00754. The number of rotatable bonds is 3. The zero-order valence-corrected chi connectivity index (χ0v) is 16.1. The van der Waals surface area contributed by atoms with Crippen LogP contribution in [-0.2, 0) is 4.79 Å². The van der Waals surface area contributed by atoms with Crippen molar-refractivity contribution in [2.45, 2.75) is 20.8 Å². The molecular weight excluding hydrogens is 368 g/mol. The van der Waals surface area contributed by atoms with Gasteiger partial charge in [0.05, 0.1) is 15.5 Å². The SMILES string of the molecule is C/C(=C1/SC(=S)N(c2cccc(C)c2C)C1=O)c1cccc([N+](=O)[O-])c1. The van der Waals surface area contributed by atoms with Gasteiger partial charge in [0.15, 0.2) is 4.32 Å². The number of nitro groups is 1. The Morgan fingerprint density at radius 1 is 1.19 bits per heavy atom. The number of allylic oxidation sites excluding steroid dienone is 1. The number of thiocarbonyl (C=S) groups is 1. The van der Waals surface area contributed by atoms with Crippen LogP contribution in [0.25, 0.3) is 5.57 Å². The molecule has 0 atom stereocenters. The van der Waals surface area contributed by atoms with Gasteiger partial charge in [-0.15, -0.1) is 0 Å². The number of aryl methyl sites for hydroxylation is 1. The predicted octanol–water partition coefficient (Wildman–Crippen LogP) is 5.01. The average molecular weight is 384 g/mol. The lowest BCUT2D eigenvalue weighted by molar-refractivity contribution is -0.384.